The number of carbonyl (C=O) groups is 3. The molecule has 2 heterocycles. The van der Waals surface area contributed by atoms with E-state index >= 15 is 0 Å². The monoisotopic (exact) mass is 479 g/mol. The highest BCUT2D eigenvalue weighted by Gasteiger charge is 2.28. The van der Waals surface area contributed by atoms with Crippen LogP contribution in [0.25, 0.3) is 0 Å². The van der Waals surface area contributed by atoms with E-state index in [9.17, 15) is 14.4 Å². The number of benzene rings is 3. The minimum atomic E-state index is -1.08. The molecule has 1 amide bonds. The van der Waals surface area contributed by atoms with E-state index in [0.717, 1.165) is 16.9 Å². The predicted molar refractivity (Wildman–Crippen MR) is 137 cm³/mol. The van der Waals surface area contributed by atoms with E-state index in [1.165, 1.54) is 6.92 Å². The first-order valence-electron chi connectivity index (χ1n) is 11.7. The highest BCUT2D eigenvalue weighted by Crippen LogP contribution is 2.31. The fourth-order valence-corrected chi connectivity index (χ4v) is 4.40. The fraction of sp³-hybridized carbons (Fsp3) is 0.138. The number of para-hydroxylation sites is 1. The standard InChI is InChI=1S/C29H25N3O4/c1-19(33)36-28(21-8-3-2-4-9-21)29(35)30-23-15-13-20(14-16-23)27(34)26-25-12-7-17-32(25)18-22-10-5-6-11-24(22)31-26/h2-17,26,28,31H,18H2,1H3,(H,30,35). The maximum atomic E-state index is 13.6. The van der Waals surface area contributed by atoms with Gasteiger partial charge in [-0.25, -0.2) is 0 Å². The van der Waals surface area contributed by atoms with E-state index in [2.05, 4.69) is 21.3 Å². The van der Waals surface area contributed by atoms with E-state index in [1.54, 1.807) is 48.5 Å². The summed E-state index contributed by atoms with van der Waals surface area (Å²) in [6, 6.07) is 26.8. The molecule has 0 saturated carbocycles. The lowest BCUT2D eigenvalue weighted by molar-refractivity contribution is -0.152. The molecule has 7 heteroatoms. The van der Waals surface area contributed by atoms with Gasteiger partial charge in [-0.1, -0.05) is 48.5 Å². The molecule has 1 aliphatic rings. The second-order valence-electron chi connectivity index (χ2n) is 8.63. The van der Waals surface area contributed by atoms with Crippen molar-refractivity contribution in [2.45, 2.75) is 25.6 Å². The summed E-state index contributed by atoms with van der Waals surface area (Å²) in [4.78, 5) is 38.0. The number of aromatic nitrogens is 1. The van der Waals surface area contributed by atoms with Crippen molar-refractivity contribution in [2.24, 2.45) is 0 Å². The molecule has 180 valence electrons. The molecule has 5 rings (SSSR count). The van der Waals surface area contributed by atoms with Crippen LogP contribution in [-0.4, -0.2) is 22.2 Å². The number of anilines is 2. The number of nitrogens with zero attached hydrogens (tertiary/aromatic N) is 1. The van der Waals surface area contributed by atoms with Gasteiger partial charge in [0.2, 0.25) is 6.10 Å². The van der Waals surface area contributed by atoms with Crippen LogP contribution in [0.5, 0.6) is 0 Å². The molecule has 36 heavy (non-hydrogen) atoms. The number of fused-ring (bicyclic) bond motifs is 2. The van der Waals surface area contributed by atoms with Gasteiger partial charge in [0.15, 0.2) is 5.78 Å². The number of rotatable bonds is 6. The molecule has 3 aromatic carbocycles. The van der Waals surface area contributed by atoms with E-state index in [-0.39, 0.29) is 5.78 Å². The van der Waals surface area contributed by atoms with E-state index < -0.39 is 24.0 Å². The van der Waals surface area contributed by atoms with Crippen molar-refractivity contribution in [3.8, 4) is 0 Å². The lowest BCUT2D eigenvalue weighted by Crippen LogP contribution is -2.25. The molecule has 7 nitrogen and oxygen atoms in total. The van der Waals surface area contributed by atoms with Crippen LogP contribution in [0.2, 0.25) is 0 Å². The normalized spacial score (nSPS) is 14.9. The van der Waals surface area contributed by atoms with Gasteiger partial charge in [0.25, 0.3) is 5.91 Å². The van der Waals surface area contributed by atoms with Crippen molar-refractivity contribution in [1.29, 1.82) is 0 Å². The van der Waals surface area contributed by atoms with Crippen LogP contribution < -0.4 is 10.6 Å². The molecular formula is C29H25N3O4. The van der Waals surface area contributed by atoms with Gasteiger partial charge >= 0.3 is 5.97 Å². The summed E-state index contributed by atoms with van der Waals surface area (Å²) in [5, 5.41) is 6.19. The van der Waals surface area contributed by atoms with Crippen molar-refractivity contribution < 1.29 is 19.1 Å². The molecular weight excluding hydrogens is 454 g/mol. The number of hydrogen-bond donors (Lipinski definition) is 2. The molecule has 0 bridgehead atoms. The van der Waals surface area contributed by atoms with Crippen LogP contribution in [-0.2, 0) is 20.9 Å². The van der Waals surface area contributed by atoms with Gasteiger partial charge in [-0.05, 0) is 48.0 Å². The number of ketones is 1. The lowest BCUT2D eigenvalue weighted by atomic mass is 10.0. The minimum absolute atomic E-state index is 0.0772. The number of carbonyl (C=O) groups excluding carboxylic acids is 3. The van der Waals surface area contributed by atoms with E-state index in [1.807, 2.05) is 42.6 Å². The van der Waals surface area contributed by atoms with Crippen LogP contribution in [0.1, 0.15) is 46.2 Å². The summed E-state index contributed by atoms with van der Waals surface area (Å²) in [6.07, 6.45) is 0.901. The zero-order chi connectivity index (χ0) is 25.1. The largest absolute Gasteiger partial charge is 0.447 e. The maximum Gasteiger partial charge on any atom is 0.303 e. The van der Waals surface area contributed by atoms with E-state index in [4.69, 9.17) is 4.74 Å². The Bertz CT molecular complexity index is 1410. The van der Waals surface area contributed by atoms with Crippen molar-refractivity contribution >= 4 is 29.0 Å². The summed E-state index contributed by atoms with van der Waals surface area (Å²) >= 11 is 0. The first-order valence-corrected chi connectivity index (χ1v) is 11.7. The molecule has 2 unspecified atom stereocenters. The number of ether oxygens (including phenoxy) is 1. The van der Waals surface area contributed by atoms with Gasteiger partial charge in [-0.3, -0.25) is 14.4 Å². The Morgan fingerprint density at radius 1 is 0.917 bits per heavy atom. The Morgan fingerprint density at radius 3 is 2.39 bits per heavy atom. The molecule has 0 radical (unpaired) electrons. The predicted octanol–water partition coefficient (Wildman–Crippen LogP) is 5.13. The zero-order valence-electron chi connectivity index (χ0n) is 19.7. The Hall–Kier alpha value is -4.65. The first kappa shape index (κ1) is 23.1. The third-order valence-electron chi connectivity index (χ3n) is 6.14. The number of esters is 1. The average molecular weight is 480 g/mol. The summed E-state index contributed by atoms with van der Waals surface area (Å²) in [6.45, 7) is 1.95. The molecule has 0 fully saturated rings. The molecule has 4 aromatic rings. The third-order valence-corrected chi connectivity index (χ3v) is 6.14. The second kappa shape index (κ2) is 9.92. The topological polar surface area (TPSA) is 89.4 Å². The highest BCUT2D eigenvalue weighted by molar-refractivity contribution is 6.03. The minimum Gasteiger partial charge on any atom is -0.447 e. The highest BCUT2D eigenvalue weighted by atomic mass is 16.5. The molecule has 2 N–H and O–H groups in total. The summed E-state index contributed by atoms with van der Waals surface area (Å²) in [5.41, 5.74) is 4.51. The average Bonchev–Trinajstić information content (AvgIpc) is 3.28. The van der Waals surface area contributed by atoms with Crippen LogP contribution in [0.15, 0.2) is 97.2 Å². The van der Waals surface area contributed by atoms with Crippen LogP contribution in [0.3, 0.4) is 0 Å². The Morgan fingerprint density at radius 2 is 1.64 bits per heavy atom. The molecule has 0 aliphatic carbocycles. The molecule has 0 spiro atoms. The third kappa shape index (κ3) is 4.77. The number of amides is 1. The Balaban J connectivity index is 1.35. The maximum absolute atomic E-state index is 13.6. The Kier molecular flexibility index (Phi) is 6.36. The lowest BCUT2D eigenvalue weighted by Gasteiger charge is -2.19. The molecule has 1 aromatic heterocycles. The van der Waals surface area contributed by atoms with Gasteiger partial charge < -0.3 is 19.9 Å². The quantitative estimate of drug-likeness (QED) is 0.296. The molecule has 2 atom stereocenters. The number of Topliss-reactive ketones (excluding diaryl/α,β-unsaturated/α-hetero) is 1. The van der Waals surface area contributed by atoms with Crippen molar-refractivity contribution in [3.63, 3.8) is 0 Å². The van der Waals surface area contributed by atoms with Gasteiger partial charge in [-0.15, -0.1) is 0 Å². The van der Waals surface area contributed by atoms with Gasteiger partial charge in [0, 0.05) is 47.9 Å². The van der Waals surface area contributed by atoms with Crippen LogP contribution >= 0.6 is 0 Å². The van der Waals surface area contributed by atoms with Gasteiger partial charge in [0.1, 0.15) is 6.04 Å². The second-order valence-corrected chi connectivity index (χ2v) is 8.63. The zero-order valence-corrected chi connectivity index (χ0v) is 19.7. The van der Waals surface area contributed by atoms with E-state index in [0.29, 0.717) is 23.4 Å². The van der Waals surface area contributed by atoms with Gasteiger partial charge in [0.05, 0.1) is 0 Å². The number of nitrogens with one attached hydrogen (secondary N) is 2. The summed E-state index contributed by atoms with van der Waals surface area (Å²) in [5.74, 6) is -1.11. The summed E-state index contributed by atoms with van der Waals surface area (Å²) < 4.78 is 7.34. The first-order chi connectivity index (χ1) is 17.5. The molecule has 0 saturated heterocycles. The van der Waals surface area contributed by atoms with Crippen molar-refractivity contribution in [3.05, 3.63) is 120 Å². The van der Waals surface area contributed by atoms with Gasteiger partial charge in [-0.2, -0.15) is 0 Å². The van der Waals surface area contributed by atoms with Crippen molar-refractivity contribution in [2.75, 3.05) is 10.6 Å². The smallest absolute Gasteiger partial charge is 0.303 e. The Labute approximate surface area is 208 Å². The van der Waals surface area contributed by atoms with Crippen LogP contribution in [0, 0.1) is 0 Å². The summed E-state index contributed by atoms with van der Waals surface area (Å²) in [7, 11) is 0. The molecule has 1 aliphatic heterocycles. The fourth-order valence-electron chi connectivity index (χ4n) is 4.40. The van der Waals surface area contributed by atoms with Crippen LogP contribution in [0.4, 0.5) is 11.4 Å². The SMILES string of the molecule is CC(=O)OC(C(=O)Nc1ccc(C(=O)C2Nc3ccccc3Cn3cccc32)cc1)c1ccccc1. The number of hydrogen-bond acceptors (Lipinski definition) is 5. The van der Waals surface area contributed by atoms with Crippen molar-refractivity contribution in [1.82, 2.24) is 4.57 Å².